The van der Waals surface area contributed by atoms with E-state index in [9.17, 15) is 9.59 Å². The van der Waals surface area contributed by atoms with Crippen LogP contribution in [0.25, 0.3) is 33.2 Å². The number of amides is 2. The van der Waals surface area contributed by atoms with Crippen LogP contribution in [0.2, 0.25) is 0 Å². The number of ether oxygens (including phenoxy) is 2. The zero-order valence-electron chi connectivity index (χ0n) is 26.5. The predicted octanol–water partition coefficient (Wildman–Crippen LogP) is 6.07. The fraction of sp³-hybridized carbons (Fsp3) is 0.556. The van der Waals surface area contributed by atoms with E-state index in [1.807, 2.05) is 9.80 Å². The maximum atomic E-state index is 13.3. The number of nitrogens with one attached hydrogen (secondary N) is 2. The van der Waals surface area contributed by atoms with Gasteiger partial charge in [0.1, 0.15) is 11.6 Å². The zero-order valence-corrected chi connectivity index (χ0v) is 26.5. The third-order valence-corrected chi connectivity index (χ3v) is 10.7. The van der Waals surface area contributed by atoms with Gasteiger partial charge < -0.3 is 29.2 Å². The van der Waals surface area contributed by atoms with Gasteiger partial charge in [0.05, 0.1) is 34.2 Å². The number of rotatable bonds is 7. The topological polar surface area (TPSA) is 116 Å². The van der Waals surface area contributed by atoms with Crippen LogP contribution in [0.15, 0.2) is 36.4 Å². The molecule has 2 amide bonds. The minimum atomic E-state index is 0.00155. The van der Waals surface area contributed by atoms with Crippen LogP contribution in [0.5, 0.6) is 0 Å². The molecule has 2 atom stereocenters. The molecule has 4 aromatic rings. The molecule has 46 heavy (non-hydrogen) atoms. The predicted molar refractivity (Wildman–Crippen MR) is 175 cm³/mol. The molecule has 0 radical (unpaired) electrons. The third-order valence-electron chi connectivity index (χ3n) is 10.7. The maximum Gasteiger partial charge on any atom is 0.223 e. The Morgan fingerprint density at radius 1 is 0.652 bits per heavy atom. The van der Waals surface area contributed by atoms with Crippen LogP contribution in [0.1, 0.15) is 87.9 Å². The van der Waals surface area contributed by atoms with Crippen molar-refractivity contribution in [1.82, 2.24) is 29.7 Å². The average molecular weight is 625 g/mol. The average Bonchev–Trinajstić information content (AvgIpc) is 3.90. The number of carbonyl (C=O) groups is 2. The Bertz CT molecular complexity index is 1590. The molecule has 2 aromatic heterocycles. The largest absolute Gasteiger partial charge is 0.381 e. The molecular weight excluding hydrogens is 580 g/mol. The van der Waals surface area contributed by atoms with Crippen molar-refractivity contribution in [2.75, 3.05) is 39.5 Å². The van der Waals surface area contributed by atoms with E-state index >= 15 is 0 Å². The molecule has 6 heterocycles. The lowest BCUT2D eigenvalue weighted by atomic mass is 9.96. The number of nitrogens with zero attached hydrogens (tertiary/aromatic N) is 4. The van der Waals surface area contributed by atoms with Gasteiger partial charge in [-0.15, -0.1) is 0 Å². The summed E-state index contributed by atoms with van der Waals surface area (Å²) in [5, 5.41) is 0. The monoisotopic (exact) mass is 624 g/mol. The molecule has 4 aliphatic rings. The second-order valence-electron chi connectivity index (χ2n) is 13.7. The summed E-state index contributed by atoms with van der Waals surface area (Å²) in [6.07, 6.45) is 8.97. The number of imidazole rings is 2. The number of hydrogen-bond donors (Lipinski definition) is 2. The van der Waals surface area contributed by atoms with E-state index in [2.05, 4.69) is 46.4 Å². The molecule has 0 spiro atoms. The Labute approximate surface area is 269 Å². The molecule has 0 saturated carbocycles. The van der Waals surface area contributed by atoms with Gasteiger partial charge in [0.2, 0.25) is 11.8 Å². The van der Waals surface area contributed by atoms with Crippen molar-refractivity contribution in [3.05, 3.63) is 48.0 Å². The Morgan fingerprint density at radius 2 is 1.09 bits per heavy atom. The van der Waals surface area contributed by atoms with Crippen molar-refractivity contribution in [3.8, 4) is 11.1 Å². The first-order chi connectivity index (χ1) is 22.6. The molecule has 242 valence electrons. The van der Waals surface area contributed by atoms with Crippen molar-refractivity contribution >= 4 is 33.9 Å². The summed E-state index contributed by atoms with van der Waals surface area (Å²) in [5.74, 6) is 3.09. The van der Waals surface area contributed by atoms with Crippen molar-refractivity contribution in [1.29, 1.82) is 0 Å². The lowest BCUT2D eigenvalue weighted by Crippen LogP contribution is -2.33. The first-order valence-corrected chi connectivity index (χ1v) is 17.3. The number of aromatic nitrogens is 4. The first kappa shape index (κ1) is 29.6. The van der Waals surface area contributed by atoms with Crippen molar-refractivity contribution in [2.45, 2.75) is 76.3 Å². The molecule has 2 N–H and O–H groups in total. The Morgan fingerprint density at radius 3 is 1.52 bits per heavy atom. The molecule has 4 saturated heterocycles. The second kappa shape index (κ2) is 12.8. The van der Waals surface area contributed by atoms with Gasteiger partial charge in [-0.05, 0) is 98.6 Å². The molecule has 2 aromatic carbocycles. The summed E-state index contributed by atoms with van der Waals surface area (Å²) in [6, 6.07) is 12.7. The van der Waals surface area contributed by atoms with Gasteiger partial charge in [0, 0.05) is 52.4 Å². The highest BCUT2D eigenvalue weighted by atomic mass is 16.5. The van der Waals surface area contributed by atoms with E-state index in [-0.39, 0.29) is 23.9 Å². The van der Waals surface area contributed by atoms with Crippen molar-refractivity contribution < 1.29 is 19.1 Å². The van der Waals surface area contributed by atoms with Crippen LogP contribution in [0, 0.1) is 11.8 Å². The van der Waals surface area contributed by atoms with Gasteiger partial charge in [0.15, 0.2) is 0 Å². The highest BCUT2D eigenvalue weighted by Crippen LogP contribution is 2.36. The summed E-state index contributed by atoms with van der Waals surface area (Å²) < 4.78 is 11.0. The second-order valence-corrected chi connectivity index (χ2v) is 13.7. The van der Waals surface area contributed by atoms with Crippen LogP contribution in [0.4, 0.5) is 0 Å². The summed E-state index contributed by atoms with van der Waals surface area (Å²) in [6.45, 7) is 4.64. The molecule has 0 bridgehead atoms. The molecule has 4 fully saturated rings. The number of benzene rings is 2. The van der Waals surface area contributed by atoms with Gasteiger partial charge >= 0.3 is 0 Å². The van der Waals surface area contributed by atoms with E-state index in [0.29, 0.717) is 24.7 Å². The summed E-state index contributed by atoms with van der Waals surface area (Å²) >= 11 is 0. The number of fused-ring (bicyclic) bond motifs is 2. The fourth-order valence-electron chi connectivity index (χ4n) is 8.06. The fourth-order valence-corrected chi connectivity index (χ4v) is 8.06. The van der Waals surface area contributed by atoms with Gasteiger partial charge in [-0.3, -0.25) is 9.59 Å². The van der Waals surface area contributed by atoms with E-state index in [0.717, 1.165) is 136 Å². The van der Waals surface area contributed by atoms with E-state index in [1.165, 1.54) is 0 Å². The normalized spacial score (nSPS) is 23.2. The minimum absolute atomic E-state index is 0.00155. The number of H-pyrrole nitrogens is 2. The van der Waals surface area contributed by atoms with Crippen molar-refractivity contribution in [3.63, 3.8) is 0 Å². The zero-order chi connectivity index (χ0) is 31.0. The molecule has 0 unspecified atom stereocenters. The lowest BCUT2D eigenvalue weighted by Gasteiger charge is -2.27. The quantitative estimate of drug-likeness (QED) is 0.258. The Balaban J connectivity index is 0.986. The van der Waals surface area contributed by atoms with Gasteiger partial charge in [0.25, 0.3) is 0 Å². The van der Waals surface area contributed by atoms with Gasteiger partial charge in [-0.2, -0.15) is 0 Å². The SMILES string of the molecule is O=C(CC1CCOCC1)N1CCC[C@H]1c1nc2ccc(-c3ccc4nc([C@@H]5CCCN5C(=O)CC5CCOCC5)[nH]c4c3)cc2[nH]1. The Hall–Kier alpha value is -3.76. The summed E-state index contributed by atoms with van der Waals surface area (Å²) in [5.41, 5.74) is 5.97. The molecule has 10 nitrogen and oxygen atoms in total. The maximum absolute atomic E-state index is 13.3. The van der Waals surface area contributed by atoms with Crippen LogP contribution >= 0.6 is 0 Å². The van der Waals surface area contributed by atoms with E-state index in [4.69, 9.17) is 19.4 Å². The Kier molecular flexibility index (Phi) is 8.24. The first-order valence-electron chi connectivity index (χ1n) is 17.3. The minimum Gasteiger partial charge on any atom is -0.381 e. The van der Waals surface area contributed by atoms with Gasteiger partial charge in [-0.1, -0.05) is 12.1 Å². The summed E-state index contributed by atoms with van der Waals surface area (Å²) in [7, 11) is 0. The molecular formula is C36H44N6O4. The van der Waals surface area contributed by atoms with Gasteiger partial charge in [-0.25, -0.2) is 9.97 Å². The number of aromatic amines is 2. The van der Waals surface area contributed by atoms with E-state index in [1.54, 1.807) is 0 Å². The smallest absolute Gasteiger partial charge is 0.223 e. The van der Waals surface area contributed by atoms with Crippen LogP contribution in [-0.2, 0) is 19.1 Å². The lowest BCUT2D eigenvalue weighted by molar-refractivity contribution is -0.134. The van der Waals surface area contributed by atoms with Crippen LogP contribution in [-0.4, -0.2) is 81.1 Å². The van der Waals surface area contributed by atoms with Crippen molar-refractivity contribution in [2.24, 2.45) is 11.8 Å². The van der Waals surface area contributed by atoms with Crippen LogP contribution < -0.4 is 0 Å². The molecule has 0 aliphatic carbocycles. The summed E-state index contributed by atoms with van der Waals surface area (Å²) in [4.78, 5) is 47.7. The third kappa shape index (κ3) is 5.93. The van der Waals surface area contributed by atoms with Crippen LogP contribution in [0.3, 0.4) is 0 Å². The highest BCUT2D eigenvalue weighted by Gasteiger charge is 2.35. The molecule has 10 heteroatoms. The number of carbonyl (C=O) groups excluding carboxylic acids is 2. The number of likely N-dealkylation sites (tertiary alicyclic amines) is 2. The highest BCUT2D eigenvalue weighted by molar-refractivity contribution is 5.87. The van der Waals surface area contributed by atoms with E-state index < -0.39 is 0 Å². The molecule has 4 aliphatic heterocycles. The molecule has 8 rings (SSSR count). The number of hydrogen-bond acceptors (Lipinski definition) is 6. The standard InChI is InChI=1S/C36H44N6O4/c43-33(19-23-9-15-45-16-10-23)41-13-1-3-31(41)35-37-27-7-5-25(21-29(27)39-35)26-6-8-28-30(22-26)40-36(38-28)32-4-2-14-42(32)34(44)20-24-11-17-46-18-12-24/h5-8,21-24,31-32H,1-4,9-20H2,(H,37,39)(H,38,40)/t31-,32-/m0/s1.